The van der Waals surface area contributed by atoms with Crippen LogP contribution in [0.5, 0.6) is 0 Å². The second kappa shape index (κ2) is 4.67. The van der Waals surface area contributed by atoms with Gasteiger partial charge in [-0.3, -0.25) is 4.99 Å². The highest BCUT2D eigenvalue weighted by molar-refractivity contribution is 7.89. The van der Waals surface area contributed by atoms with Gasteiger partial charge in [-0.1, -0.05) is 12.0 Å². The summed E-state index contributed by atoms with van der Waals surface area (Å²) in [6.07, 6.45) is 10.6. The zero-order chi connectivity index (χ0) is 13.2. The quantitative estimate of drug-likeness (QED) is 0.696. The molecule has 0 aromatic heterocycles. The first-order valence-corrected chi connectivity index (χ1v) is 7.28. The van der Waals surface area contributed by atoms with Crippen LogP contribution < -0.4 is 0 Å². The van der Waals surface area contributed by atoms with Crippen LogP contribution in [0.25, 0.3) is 0 Å². The number of aliphatic imine (C=N–C) groups is 2. The van der Waals surface area contributed by atoms with Crippen molar-refractivity contribution in [3.8, 4) is 12.3 Å². The fourth-order valence-electron chi connectivity index (χ4n) is 1.96. The number of sulfonamides is 1. The van der Waals surface area contributed by atoms with Crippen LogP contribution in [-0.4, -0.2) is 49.7 Å². The van der Waals surface area contributed by atoms with Gasteiger partial charge in [0, 0.05) is 24.9 Å². The van der Waals surface area contributed by atoms with E-state index in [2.05, 4.69) is 15.9 Å². The van der Waals surface area contributed by atoms with Crippen molar-refractivity contribution in [3.05, 3.63) is 11.6 Å². The molecule has 0 amide bonds. The SMILES string of the molecule is C#CC1=CCN(S(=O)(=O)C[C@]2(C)C=NC=N2)CC1. The molecule has 6 heteroatoms. The molecule has 2 aliphatic rings. The van der Waals surface area contributed by atoms with Gasteiger partial charge < -0.3 is 0 Å². The lowest BCUT2D eigenvalue weighted by Gasteiger charge is -2.27. The fourth-order valence-corrected chi connectivity index (χ4v) is 3.70. The summed E-state index contributed by atoms with van der Waals surface area (Å²) >= 11 is 0. The molecule has 5 nitrogen and oxygen atoms in total. The van der Waals surface area contributed by atoms with E-state index in [-0.39, 0.29) is 5.75 Å². The summed E-state index contributed by atoms with van der Waals surface area (Å²) in [4.78, 5) is 7.93. The Labute approximate surface area is 107 Å². The van der Waals surface area contributed by atoms with Crippen molar-refractivity contribution in [2.45, 2.75) is 18.9 Å². The van der Waals surface area contributed by atoms with Crippen LogP contribution in [0.15, 0.2) is 21.6 Å². The Bertz CT molecular complexity index is 555. The largest absolute Gasteiger partial charge is 0.260 e. The van der Waals surface area contributed by atoms with Gasteiger partial charge in [-0.15, -0.1) is 6.42 Å². The zero-order valence-corrected chi connectivity index (χ0v) is 11.0. The Hall–Kier alpha value is -1.45. The van der Waals surface area contributed by atoms with Gasteiger partial charge in [0.05, 0.1) is 5.75 Å². The molecule has 0 saturated carbocycles. The van der Waals surface area contributed by atoms with Gasteiger partial charge in [-0.25, -0.2) is 13.4 Å². The third-order valence-corrected chi connectivity index (χ3v) is 5.06. The first-order chi connectivity index (χ1) is 8.45. The summed E-state index contributed by atoms with van der Waals surface area (Å²) in [5, 5.41) is 0. The smallest absolute Gasteiger partial charge is 0.217 e. The van der Waals surface area contributed by atoms with Gasteiger partial charge in [0.25, 0.3) is 0 Å². The monoisotopic (exact) mass is 265 g/mol. The fraction of sp³-hybridized carbons (Fsp3) is 0.500. The standard InChI is InChI=1S/C12H15N3O2S/c1-3-11-4-6-15(7-5-11)18(16,17)9-12(2)8-13-10-14-12/h1,4,8,10H,5-7,9H2,2H3/t12-/m0/s1. The minimum atomic E-state index is -3.34. The predicted molar refractivity (Wildman–Crippen MR) is 72.3 cm³/mol. The van der Waals surface area contributed by atoms with Crippen molar-refractivity contribution in [1.82, 2.24) is 4.31 Å². The summed E-state index contributed by atoms with van der Waals surface area (Å²) in [7, 11) is -3.34. The van der Waals surface area contributed by atoms with Crippen molar-refractivity contribution >= 4 is 22.6 Å². The molecule has 18 heavy (non-hydrogen) atoms. The van der Waals surface area contributed by atoms with Gasteiger partial charge in [-0.2, -0.15) is 4.31 Å². The zero-order valence-electron chi connectivity index (χ0n) is 10.2. The average molecular weight is 265 g/mol. The van der Waals surface area contributed by atoms with Gasteiger partial charge >= 0.3 is 0 Å². The lowest BCUT2D eigenvalue weighted by molar-refractivity contribution is 0.429. The van der Waals surface area contributed by atoms with Crippen LogP contribution >= 0.6 is 0 Å². The minimum Gasteiger partial charge on any atom is -0.260 e. The Morgan fingerprint density at radius 1 is 1.61 bits per heavy atom. The van der Waals surface area contributed by atoms with Crippen LogP contribution in [0.1, 0.15) is 13.3 Å². The van der Waals surface area contributed by atoms with Gasteiger partial charge in [0.2, 0.25) is 10.0 Å². The van der Waals surface area contributed by atoms with Crippen molar-refractivity contribution < 1.29 is 8.42 Å². The highest BCUT2D eigenvalue weighted by Gasteiger charge is 2.34. The maximum absolute atomic E-state index is 12.3. The number of nitrogens with zero attached hydrogens (tertiary/aromatic N) is 3. The second-order valence-electron chi connectivity index (χ2n) is 4.62. The van der Waals surface area contributed by atoms with E-state index in [1.54, 1.807) is 19.2 Å². The van der Waals surface area contributed by atoms with Crippen LogP contribution in [0, 0.1) is 12.3 Å². The Kier molecular flexibility index (Phi) is 3.37. The van der Waals surface area contributed by atoms with Gasteiger partial charge in [0.1, 0.15) is 11.9 Å². The molecule has 1 atom stereocenters. The van der Waals surface area contributed by atoms with Crippen molar-refractivity contribution in [3.63, 3.8) is 0 Å². The summed E-state index contributed by atoms with van der Waals surface area (Å²) in [5.74, 6) is 2.50. The van der Waals surface area contributed by atoms with E-state index in [0.717, 1.165) is 5.57 Å². The molecule has 2 rings (SSSR count). The number of rotatable bonds is 3. The topological polar surface area (TPSA) is 62.1 Å². The lowest BCUT2D eigenvalue weighted by Crippen LogP contribution is -2.43. The maximum atomic E-state index is 12.3. The molecule has 0 saturated heterocycles. The van der Waals surface area contributed by atoms with E-state index in [0.29, 0.717) is 19.5 Å². The summed E-state index contributed by atoms with van der Waals surface area (Å²) < 4.78 is 25.9. The summed E-state index contributed by atoms with van der Waals surface area (Å²) in [6, 6.07) is 0. The normalized spacial score (nSPS) is 28.1. The molecule has 0 radical (unpaired) electrons. The molecular formula is C12H15N3O2S. The van der Waals surface area contributed by atoms with E-state index in [1.165, 1.54) is 10.6 Å². The molecule has 96 valence electrons. The van der Waals surface area contributed by atoms with Crippen LogP contribution in [0.4, 0.5) is 0 Å². The van der Waals surface area contributed by atoms with E-state index in [1.807, 2.05) is 0 Å². The molecule has 0 N–H and O–H groups in total. The summed E-state index contributed by atoms with van der Waals surface area (Å²) in [6.45, 7) is 2.54. The van der Waals surface area contributed by atoms with E-state index in [9.17, 15) is 8.42 Å². The van der Waals surface area contributed by atoms with Crippen LogP contribution in [-0.2, 0) is 10.0 Å². The third-order valence-electron chi connectivity index (χ3n) is 3.00. The van der Waals surface area contributed by atoms with E-state index >= 15 is 0 Å². The second-order valence-corrected chi connectivity index (χ2v) is 6.59. The minimum absolute atomic E-state index is 0.0563. The number of terminal acetylenes is 1. The van der Waals surface area contributed by atoms with Gasteiger partial charge in [-0.05, 0) is 13.3 Å². The molecule has 0 fully saturated rings. The summed E-state index contributed by atoms with van der Waals surface area (Å²) in [5.41, 5.74) is 0.127. The lowest BCUT2D eigenvalue weighted by atomic mass is 10.1. The highest BCUT2D eigenvalue weighted by atomic mass is 32.2. The predicted octanol–water partition coefficient (Wildman–Crippen LogP) is 0.453. The van der Waals surface area contributed by atoms with E-state index in [4.69, 9.17) is 6.42 Å². The maximum Gasteiger partial charge on any atom is 0.217 e. The molecule has 2 aliphatic heterocycles. The molecule has 0 bridgehead atoms. The molecule has 0 aromatic carbocycles. The van der Waals surface area contributed by atoms with Crippen LogP contribution in [0.2, 0.25) is 0 Å². The molecule has 0 aliphatic carbocycles. The average Bonchev–Trinajstić information content (AvgIpc) is 2.75. The third kappa shape index (κ3) is 2.68. The van der Waals surface area contributed by atoms with Crippen molar-refractivity contribution in [2.75, 3.05) is 18.8 Å². The Balaban J connectivity index is 2.09. The molecule has 2 heterocycles. The van der Waals surface area contributed by atoms with Crippen molar-refractivity contribution in [2.24, 2.45) is 9.98 Å². The molecule has 0 spiro atoms. The first kappa shape index (κ1) is 13.0. The highest BCUT2D eigenvalue weighted by Crippen LogP contribution is 2.19. The van der Waals surface area contributed by atoms with E-state index < -0.39 is 15.6 Å². The Morgan fingerprint density at radius 3 is 2.89 bits per heavy atom. The molecular weight excluding hydrogens is 250 g/mol. The number of hydrogen-bond acceptors (Lipinski definition) is 4. The van der Waals surface area contributed by atoms with Crippen molar-refractivity contribution in [1.29, 1.82) is 0 Å². The molecule has 0 unspecified atom stereocenters. The van der Waals surface area contributed by atoms with Crippen LogP contribution in [0.3, 0.4) is 0 Å². The van der Waals surface area contributed by atoms with Gasteiger partial charge in [0.15, 0.2) is 0 Å². The molecule has 0 aromatic rings. The number of hydrogen-bond donors (Lipinski definition) is 0. The first-order valence-electron chi connectivity index (χ1n) is 5.67. The Morgan fingerprint density at radius 2 is 2.39 bits per heavy atom.